The molecule has 1 aromatic heterocycles. The zero-order valence-electron chi connectivity index (χ0n) is 11.3. The van der Waals surface area contributed by atoms with Crippen LogP contribution in [0.2, 0.25) is 0 Å². The van der Waals surface area contributed by atoms with E-state index in [1.54, 1.807) is 0 Å². The minimum absolute atomic E-state index is 0.289. The van der Waals surface area contributed by atoms with E-state index in [1.165, 1.54) is 0 Å². The molecule has 1 aromatic rings. The fourth-order valence-electron chi connectivity index (χ4n) is 2.30. The summed E-state index contributed by atoms with van der Waals surface area (Å²) in [6.07, 6.45) is 2.04. The Labute approximate surface area is 108 Å². The van der Waals surface area contributed by atoms with Gasteiger partial charge < -0.3 is 10.6 Å². The number of nitrogens with two attached hydrogens (primary N) is 1. The van der Waals surface area contributed by atoms with Crippen LogP contribution in [0.15, 0.2) is 0 Å². The summed E-state index contributed by atoms with van der Waals surface area (Å²) in [4.78, 5) is 4.65. The quantitative estimate of drug-likeness (QED) is 0.701. The average molecular weight is 253 g/mol. The van der Waals surface area contributed by atoms with Crippen molar-refractivity contribution in [2.45, 2.75) is 25.4 Å². The molecule has 2 rings (SSSR count). The number of unbranched alkanes of at least 4 members (excludes halogenated alkanes) is 1. The van der Waals surface area contributed by atoms with E-state index in [-0.39, 0.29) is 6.04 Å². The van der Waals surface area contributed by atoms with Crippen LogP contribution in [-0.2, 0) is 6.54 Å². The third kappa shape index (κ3) is 3.04. The largest absolute Gasteiger partial charge is 0.330 e. The van der Waals surface area contributed by atoms with Crippen molar-refractivity contribution < 1.29 is 0 Å². The Hall–Kier alpha value is -1.05. The summed E-state index contributed by atoms with van der Waals surface area (Å²) in [5.74, 6) is 0.973. The van der Waals surface area contributed by atoms with Gasteiger partial charge in [0, 0.05) is 26.2 Å². The molecule has 0 bridgehead atoms. The summed E-state index contributed by atoms with van der Waals surface area (Å²) < 4.78 is 1.93. The van der Waals surface area contributed by atoms with Gasteiger partial charge in [0.15, 0.2) is 5.82 Å². The molecule has 0 spiro atoms. The summed E-state index contributed by atoms with van der Waals surface area (Å²) in [7, 11) is 4.28. The number of hydrogen-bond acceptors (Lipinski definition) is 6. The summed E-state index contributed by atoms with van der Waals surface area (Å²) in [5.41, 5.74) is 5.51. The van der Waals surface area contributed by atoms with Crippen LogP contribution in [0.25, 0.3) is 0 Å². The lowest BCUT2D eigenvalue weighted by Gasteiger charge is -2.36. The van der Waals surface area contributed by atoms with Crippen molar-refractivity contribution in [3.05, 3.63) is 5.82 Å². The van der Waals surface area contributed by atoms with Crippen LogP contribution in [0.1, 0.15) is 24.7 Å². The molecule has 7 nitrogen and oxygen atoms in total. The summed E-state index contributed by atoms with van der Waals surface area (Å²) in [6, 6.07) is 0.289. The monoisotopic (exact) mass is 253 g/mol. The molecule has 1 fully saturated rings. The molecular weight excluding hydrogens is 230 g/mol. The summed E-state index contributed by atoms with van der Waals surface area (Å²) in [5, 5.41) is 12.1. The molecule has 18 heavy (non-hydrogen) atoms. The van der Waals surface area contributed by atoms with Gasteiger partial charge >= 0.3 is 0 Å². The Morgan fingerprint density at radius 3 is 2.89 bits per heavy atom. The Morgan fingerprint density at radius 1 is 1.28 bits per heavy atom. The van der Waals surface area contributed by atoms with Crippen LogP contribution in [0, 0.1) is 0 Å². The van der Waals surface area contributed by atoms with Crippen LogP contribution in [0.4, 0.5) is 0 Å². The molecule has 1 saturated heterocycles. The van der Waals surface area contributed by atoms with Crippen molar-refractivity contribution in [3.8, 4) is 0 Å². The lowest BCUT2D eigenvalue weighted by Crippen LogP contribution is -2.45. The number of aromatic nitrogens is 4. The van der Waals surface area contributed by atoms with Crippen LogP contribution in [0.5, 0.6) is 0 Å². The lowest BCUT2D eigenvalue weighted by atomic mass is 10.1. The second-order valence-corrected chi connectivity index (χ2v) is 5.01. The maximum atomic E-state index is 5.51. The third-order valence-electron chi connectivity index (χ3n) is 3.53. The molecule has 1 unspecified atom stereocenters. The Balaban J connectivity index is 2.04. The Morgan fingerprint density at radius 2 is 2.11 bits per heavy atom. The molecule has 7 heteroatoms. The number of likely N-dealkylation sites (N-methyl/N-ethyl adjacent to an activating group) is 2. The van der Waals surface area contributed by atoms with E-state index in [0.717, 1.165) is 51.4 Å². The van der Waals surface area contributed by atoms with Gasteiger partial charge in [0.25, 0.3) is 0 Å². The fourth-order valence-corrected chi connectivity index (χ4v) is 2.30. The minimum Gasteiger partial charge on any atom is -0.330 e. The van der Waals surface area contributed by atoms with Crippen molar-refractivity contribution in [2.75, 3.05) is 40.3 Å². The standard InChI is InChI=1S/C11H23N7/c1-16-7-8-17(2)10(9-16)11-13-14-15-18(11)6-4-3-5-12/h10H,3-9,12H2,1-2H3. The highest BCUT2D eigenvalue weighted by Gasteiger charge is 2.28. The van der Waals surface area contributed by atoms with Crippen molar-refractivity contribution in [1.82, 2.24) is 30.0 Å². The van der Waals surface area contributed by atoms with Crippen LogP contribution in [-0.4, -0.2) is 70.3 Å². The molecule has 0 amide bonds. The van der Waals surface area contributed by atoms with E-state index in [9.17, 15) is 0 Å². The Kier molecular flexibility index (Phi) is 4.62. The average Bonchev–Trinajstić information content (AvgIpc) is 2.81. The fraction of sp³-hybridized carbons (Fsp3) is 0.909. The normalized spacial score (nSPS) is 22.5. The number of nitrogens with zero attached hydrogens (tertiary/aromatic N) is 6. The Bertz CT molecular complexity index is 364. The molecule has 1 atom stereocenters. The van der Waals surface area contributed by atoms with Crippen LogP contribution < -0.4 is 5.73 Å². The number of aryl methyl sites for hydroxylation is 1. The van der Waals surface area contributed by atoms with E-state index in [1.807, 2.05) is 4.68 Å². The highest BCUT2D eigenvalue weighted by atomic mass is 15.6. The first-order valence-electron chi connectivity index (χ1n) is 6.57. The zero-order valence-corrected chi connectivity index (χ0v) is 11.3. The third-order valence-corrected chi connectivity index (χ3v) is 3.53. The van der Waals surface area contributed by atoms with Crippen LogP contribution >= 0.6 is 0 Å². The highest BCUT2D eigenvalue weighted by molar-refractivity contribution is 4.96. The summed E-state index contributed by atoms with van der Waals surface area (Å²) in [6.45, 7) is 4.71. The molecule has 0 saturated carbocycles. The maximum absolute atomic E-state index is 5.51. The number of rotatable bonds is 5. The van der Waals surface area contributed by atoms with Gasteiger partial charge in [-0.2, -0.15) is 0 Å². The van der Waals surface area contributed by atoms with E-state index in [4.69, 9.17) is 5.73 Å². The first-order chi connectivity index (χ1) is 8.72. The van der Waals surface area contributed by atoms with E-state index < -0.39 is 0 Å². The maximum Gasteiger partial charge on any atom is 0.169 e. The van der Waals surface area contributed by atoms with E-state index in [2.05, 4.69) is 39.4 Å². The molecule has 102 valence electrons. The van der Waals surface area contributed by atoms with Gasteiger partial charge in [0.05, 0.1) is 6.04 Å². The predicted octanol–water partition coefficient (Wildman–Crippen LogP) is -0.670. The van der Waals surface area contributed by atoms with Gasteiger partial charge in [-0.1, -0.05) is 0 Å². The number of hydrogen-bond donors (Lipinski definition) is 1. The predicted molar refractivity (Wildman–Crippen MR) is 69.0 cm³/mol. The lowest BCUT2D eigenvalue weighted by molar-refractivity contribution is 0.106. The molecule has 2 heterocycles. The molecule has 2 N–H and O–H groups in total. The highest BCUT2D eigenvalue weighted by Crippen LogP contribution is 2.20. The minimum atomic E-state index is 0.289. The first kappa shape index (κ1) is 13.4. The number of tetrazole rings is 1. The van der Waals surface area contributed by atoms with E-state index in [0.29, 0.717) is 0 Å². The molecule has 0 aliphatic carbocycles. The first-order valence-corrected chi connectivity index (χ1v) is 6.57. The van der Waals surface area contributed by atoms with Crippen molar-refractivity contribution in [2.24, 2.45) is 5.73 Å². The molecular formula is C11H23N7. The van der Waals surface area contributed by atoms with Gasteiger partial charge in [0.1, 0.15) is 0 Å². The van der Waals surface area contributed by atoms with E-state index >= 15 is 0 Å². The second-order valence-electron chi connectivity index (χ2n) is 5.01. The van der Waals surface area contributed by atoms with Gasteiger partial charge in [-0.15, -0.1) is 5.10 Å². The van der Waals surface area contributed by atoms with Gasteiger partial charge in [-0.3, -0.25) is 4.90 Å². The molecule has 0 aromatic carbocycles. The van der Waals surface area contributed by atoms with Crippen molar-refractivity contribution >= 4 is 0 Å². The van der Waals surface area contributed by atoms with Crippen molar-refractivity contribution in [1.29, 1.82) is 0 Å². The van der Waals surface area contributed by atoms with Gasteiger partial charge in [0.2, 0.25) is 0 Å². The molecule has 1 aliphatic rings. The SMILES string of the molecule is CN1CCN(C)C(c2nnnn2CCCCN)C1. The summed E-state index contributed by atoms with van der Waals surface area (Å²) >= 11 is 0. The second kappa shape index (κ2) is 6.21. The number of piperazine rings is 1. The smallest absolute Gasteiger partial charge is 0.169 e. The van der Waals surface area contributed by atoms with Crippen molar-refractivity contribution in [3.63, 3.8) is 0 Å². The van der Waals surface area contributed by atoms with Gasteiger partial charge in [-0.25, -0.2) is 4.68 Å². The molecule has 1 aliphatic heterocycles. The zero-order chi connectivity index (χ0) is 13.0. The topological polar surface area (TPSA) is 76.1 Å². The van der Waals surface area contributed by atoms with Gasteiger partial charge in [-0.05, 0) is 43.9 Å². The molecule has 0 radical (unpaired) electrons. The van der Waals surface area contributed by atoms with Crippen LogP contribution in [0.3, 0.4) is 0 Å².